The second-order valence-electron chi connectivity index (χ2n) is 4.08. The van der Waals surface area contributed by atoms with Crippen LogP contribution >= 0.6 is 0 Å². The molecule has 1 aromatic heterocycles. The summed E-state index contributed by atoms with van der Waals surface area (Å²) < 4.78 is 4.65. The lowest BCUT2D eigenvalue weighted by Crippen LogP contribution is -2.02. The molecule has 2 aromatic rings. The number of methoxy groups -OCH3 is 1. The van der Waals surface area contributed by atoms with Crippen LogP contribution in [0.5, 0.6) is 0 Å². The van der Waals surface area contributed by atoms with Crippen molar-refractivity contribution in [3.63, 3.8) is 0 Å². The van der Waals surface area contributed by atoms with E-state index in [0.717, 1.165) is 16.5 Å². The SMILES string of the molecule is COC(=O)CCc1cc(C)cc2cccnc12. The summed E-state index contributed by atoms with van der Waals surface area (Å²) >= 11 is 0. The van der Waals surface area contributed by atoms with Crippen molar-refractivity contribution < 1.29 is 9.53 Å². The molecule has 0 aliphatic rings. The van der Waals surface area contributed by atoms with Gasteiger partial charge in [-0.1, -0.05) is 17.7 Å². The van der Waals surface area contributed by atoms with E-state index in [1.54, 1.807) is 6.20 Å². The van der Waals surface area contributed by atoms with E-state index >= 15 is 0 Å². The number of pyridine rings is 1. The zero-order chi connectivity index (χ0) is 12.3. The monoisotopic (exact) mass is 229 g/mol. The van der Waals surface area contributed by atoms with Gasteiger partial charge in [0.05, 0.1) is 12.6 Å². The first-order chi connectivity index (χ1) is 8.20. The van der Waals surface area contributed by atoms with Crippen LogP contribution in [0.15, 0.2) is 30.5 Å². The van der Waals surface area contributed by atoms with Crippen molar-refractivity contribution in [2.24, 2.45) is 0 Å². The van der Waals surface area contributed by atoms with Gasteiger partial charge in [0.15, 0.2) is 0 Å². The first-order valence-electron chi connectivity index (χ1n) is 5.62. The van der Waals surface area contributed by atoms with E-state index in [2.05, 4.69) is 21.9 Å². The first-order valence-corrected chi connectivity index (χ1v) is 5.62. The van der Waals surface area contributed by atoms with Crippen molar-refractivity contribution in [1.82, 2.24) is 4.98 Å². The average molecular weight is 229 g/mol. The molecule has 0 bridgehead atoms. The average Bonchev–Trinajstić information content (AvgIpc) is 2.35. The van der Waals surface area contributed by atoms with E-state index in [1.165, 1.54) is 12.7 Å². The van der Waals surface area contributed by atoms with Gasteiger partial charge in [0.2, 0.25) is 0 Å². The van der Waals surface area contributed by atoms with Crippen molar-refractivity contribution in [1.29, 1.82) is 0 Å². The minimum Gasteiger partial charge on any atom is -0.469 e. The molecule has 0 saturated carbocycles. The third kappa shape index (κ3) is 2.61. The van der Waals surface area contributed by atoms with Crippen molar-refractivity contribution in [3.8, 4) is 0 Å². The fraction of sp³-hybridized carbons (Fsp3) is 0.286. The topological polar surface area (TPSA) is 39.2 Å². The molecule has 2 rings (SSSR count). The van der Waals surface area contributed by atoms with Crippen LogP contribution in [-0.2, 0) is 16.0 Å². The third-order valence-electron chi connectivity index (χ3n) is 2.75. The number of nitrogens with zero attached hydrogens (tertiary/aromatic N) is 1. The van der Waals surface area contributed by atoms with Crippen molar-refractivity contribution in [2.45, 2.75) is 19.8 Å². The highest BCUT2D eigenvalue weighted by Crippen LogP contribution is 2.20. The molecule has 0 unspecified atom stereocenters. The van der Waals surface area contributed by atoms with Crippen LogP contribution in [-0.4, -0.2) is 18.1 Å². The first kappa shape index (κ1) is 11.6. The third-order valence-corrected chi connectivity index (χ3v) is 2.75. The van der Waals surface area contributed by atoms with E-state index < -0.39 is 0 Å². The second kappa shape index (κ2) is 4.95. The number of rotatable bonds is 3. The molecule has 1 heterocycles. The van der Waals surface area contributed by atoms with Crippen LogP contribution in [0, 0.1) is 6.92 Å². The molecule has 0 spiro atoms. The number of esters is 1. The van der Waals surface area contributed by atoms with E-state index in [-0.39, 0.29) is 5.97 Å². The molecule has 0 saturated heterocycles. The number of aromatic nitrogens is 1. The molecule has 0 fully saturated rings. The normalized spacial score (nSPS) is 10.5. The minimum absolute atomic E-state index is 0.185. The molecule has 3 nitrogen and oxygen atoms in total. The van der Waals surface area contributed by atoms with Crippen LogP contribution in [0.25, 0.3) is 10.9 Å². The summed E-state index contributed by atoms with van der Waals surface area (Å²) in [6.07, 6.45) is 2.84. The Kier molecular flexibility index (Phi) is 3.38. The number of carbonyl (C=O) groups excluding carboxylic acids is 1. The summed E-state index contributed by atoms with van der Waals surface area (Å²) in [5.74, 6) is -0.185. The Morgan fingerprint density at radius 3 is 3.00 bits per heavy atom. The van der Waals surface area contributed by atoms with Gasteiger partial charge >= 0.3 is 5.97 Å². The number of hydrogen-bond donors (Lipinski definition) is 0. The molecule has 88 valence electrons. The van der Waals surface area contributed by atoms with Gasteiger partial charge in [-0.25, -0.2) is 0 Å². The molecule has 0 aliphatic heterocycles. The van der Waals surface area contributed by atoms with Gasteiger partial charge in [-0.15, -0.1) is 0 Å². The van der Waals surface area contributed by atoms with Gasteiger partial charge in [-0.2, -0.15) is 0 Å². The quantitative estimate of drug-likeness (QED) is 0.759. The molecule has 3 heteroatoms. The maximum absolute atomic E-state index is 11.2. The van der Waals surface area contributed by atoms with E-state index in [0.29, 0.717) is 12.8 Å². The van der Waals surface area contributed by atoms with Gasteiger partial charge in [-0.3, -0.25) is 9.78 Å². The van der Waals surface area contributed by atoms with Crippen LogP contribution in [0.1, 0.15) is 17.5 Å². The largest absolute Gasteiger partial charge is 0.469 e. The van der Waals surface area contributed by atoms with Crippen LogP contribution < -0.4 is 0 Å². The van der Waals surface area contributed by atoms with Crippen molar-refractivity contribution in [3.05, 3.63) is 41.6 Å². The Balaban J connectivity index is 2.35. The second-order valence-corrected chi connectivity index (χ2v) is 4.08. The number of fused-ring (bicyclic) bond motifs is 1. The number of aryl methyl sites for hydroxylation is 2. The number of benzene rings is 1. The van der Waals surface area contributed by atoms with Gasteiger partial charge in [0, 0.05) is 18.0 Å². The van der Waals surface area contributed by atoms with Gasteiger partial charge in [0.1, 0.15) is 0 Å². The standard InChI is InChI=1S/C14H15NO2/c1-10-8-11-4-3-7-15-14(11)12(9-10)5-6-13(16)17-2/h3-4,7-9H,5-6H2,1-2H3. The van der Waals surface area contributed by atoms with E-state index in [9.17, 15) is 4.79 Å². The summed E-state index contributed by atoms with van der Waals surface area (Å²) in [6, 6.07) is 8.14. The van der Waals surface area contributed by atoms with Gasteiger partial charge in [-0.05, 0) is 31.0 Å². The predicted molar refractivity (Wildman–Crippen MR) is 66.8 cm³/mol. The molecular formula is C14H15NO2. The Bertz CT molecular complexity index is 549. The lowest BCUT2D eigenvalue weighted by molar-refractivity contribution is -0.140. The van der Waals surface area contributed by atoms with Crippen LogP contribution in [0.3, 0.4) is 0 Å². The molecule has 0 aliphatic carbocycles. The minimum atomic E-state index is -0.185. The highest BCUT2D eigenvalue weighted by molar-refractivity contribution is 5.83. The number of hydrogen-bond acceptors (Lipinski definition) is 3. The summed E-state index contributed by atoms with van der Waals surface area (Å²) in [5, 5.41) is 1.12. The molecule has 0 atom stereocenters. The van der Waals surface area contributed by atoms with E-state index in [1.807, 2.05) is 19.1 Å². The Morgan fingerprint density at radius 1 is 1.41 bits per heavy atom. The predicted octanol–water partition coefficient (Wildman–Crippen LogP) is 2.65. The molecule has 1 aromatic carbocycles. The summed E-state index contributed by atoms with van der Waals surface area (Å²) in [6.45, 7) is 2.05. The summed E-state index contributed by atoms with van der Waals surface area (Å²) in [4.78, 5) is 15.5. The Labute approximate surface area is 100 Å². The lowest BCUT2D eigenvalue weighted by atomic mass is 10.0. The summed E-state index contributed by atoms with van der Waals surface area (Å²) in [5.41, 5.74) is 3.26. The summed E-state index contributed by atoms with van der Waals surface area (Å²) in [7, 11) is 1.41. The van der Waals surface area contributed by atoms with E-state index in [4.69, 9.17) is 0 Å². The molecular weight excluding hydrogens is 214 g/mol. The Hall–Kier alpha value is -1.90. The smallest absolute Gasteiger partial charge is 0.305 e. The van der Waals surface area contributed by atoms with Crippen LogP contribution in [0.4, 0.5) is 0 Å². The fourth-order valence-electron chi connectivity index (χ4n) is 1.96. The molecule has 17 heavy (non-hydrogen) atoms. The van der Waals surface area contributed by atoms with Crippen LogP contribution in [0.2, 0.25) is 0 Å². The molecule has 0 N–H and O–H groups in total. The van der Waals surface area contributed by atoms with Gasteiger partial charge in [0.25, 0.3) is 0 Å². The van der Waals surface area contributed by atoms with Gasteiger partial charge < -0.3 is 4.74 Å². The fourth-order valence-corrected chi connectivity index (χ4v) is 1.96. The maximum Gasteiger partial charge on any atom is 0.305 e. The van der Waals surface area contributed by atoms with Crippen molar-refractivity contribution in [2.75, 3.05) is 7.11 Å². The number of ether oxygens (including phenoxy) is 1. The lowest BCUT2D eigenvalue weighted by Gasteiger charge is -2.06. The number of carbonyl (C=O) groups is 1. The highest BCUT2D eigenvalue weighted by atomic mass is 16.5. The Morgan fingerprint density at radius 2 is 2.24 bits per heavy atom. The zero-order valence-electron chi connectivity index (χ0n) is 10.1. The molecule has 0 amide bonds. The maximum atomic E-state index is 11.2. The molecule has 0 radical (unpaired) electrons. The zero-order valence-corrected chi connectivity index (χ0v) is 10.1. The highest BCUT2D eigenvalue weighted by Gasteiger charge is 2.06. The van der Waals surface area contributed by atoms with Crippen molar-refractivity contribution >= 4 is 16.9 Å².